The summed E-state index contributed by atoms with van der Waals surface area (Å²) in [7, 11) is 0. The van der Waals surface area contributed by atoms with E-state index in [9.17, 15) is 14.3 Å². The zero-order chi connectivity index (χ0) is 14.6. The van der Waals surface area contributed by atoms with Gasteiger partial charge in [0.1, 0.15) is 11.4 Å². The van der Waals surface area contributed by atoms with Crippen molar-refractivity contribution in [3.63, 3.8) is 0 Å². The van der Waals surface area contributed by atoms with Crippen LogP contribution >= 0.6 is 0 Å². The first-order valence-corrected chi connectivity index (χ1v) is 6.12. The fourth-order valence-electron chi connectivity index (χ4n) is 1.71. The van der Waals surface area contributed by atoms with E-state index in [0.29, 0.717) is 5.56 Å². The highest BCUT2D eigenvalue weighted by atomic mass is 19.1. The first-order valence-electron chi connectivity index (χ1n) is 6.12. The number of aliphatic hydroxyl groups excluding tert-OH is 1. The van der Waals surface area contributed by atoms with Crippen molar-refractivity contribution in [2.24, 2.45) is 0 Å². The minimum Gasteiger partial charge on any atom is -0.444 e. The molecule has 0 bridgehead atoms. The van der Waals surface area contributed by atoms with Gasteiger partial charge in [0, 0.05) is 5.56 Å². The molecule has 4 nitrogen and oxygen atoms in total. The number of hydrogen-bond donors (Lipinski definition) is 2. The summed E-state index contributed by atoms with van der Waals surface area (Å²) < 4.78 is 18.6. The van der Waals surface area contributed by atoms with Gasteiger partial charge in [-0.1, -0.05) is 12.1 Å². The molecule has 106 valence electrons. The number of carbonyl (C=O) groups is 1. The van der Waals surface area contributed by atoms with Crippen LogP contribution in [0.4, 0.5) is 9.18 Å². The molecule has 0 aliphatic heterocycles. The summed E-state index contributed by atoms with van der Waals surface area (Å²) in [5, 5.41) is 11.8. The molecule has 1 rings (SSSR count). The maximum absolute atomic E-state index is 13.5. The van der Waals surface area contributed by atoms with Crippen molar-refractivity contribution in [2.75, 3.05) is 0 Å². The summed E-state index contributed by atoms with van der Waals surface area (Å²) in [4.78, 5) is 11.6. The van der Waals surface area contributed by atoms with Crippen molar-refractivity contribution < 1.29 is 19.0 Å². The quantitative estimate of drug-likeness (QED) is 0.887. The van der Waals surface area contributed by atoms with Crippen LogP contribution < -0.4 is 5.32 Å². The van der Waals surface area contributed by atoms with Crippen molar-refractivity contribution in [3.8, 4) is 0 Å². The number of hydrogen-bond acceptors (Lipinski definition) is 3. The van der Waals surface area contributed by atoms with E-state index in [1.54, 1.807) is 33.8 Å². The molecule has 0 unspecified atom stereocenters. The minimum absolute atomic E-state index is 0.186. The molecule has 0 fully saturated rings. The van der Waals surface area contributed by atoms with Gasteiger partial charge in [-0.2, -0.15) is 0 Å². The predicted molar refractivity (Wildman–Crippen MR) is 70.1 cm³/mol. The molecular formula is C14H20FNO3. The number of ether oxygens (including phenoxy) is 1. The summed E-state index contributed by atoms with van der Waals surface area (Å²) in [5.41, 5.74) is 0.130. The van der Waals surface area contributed by atoms with Crippen molar-refractivity contribution >= 4 is 6.09 Å². The Labute approximate surface area is 112 Å². The number of amides is 1. The Morgan fingerprint density at radius 1 is 1.47 bits per heavy atom. The van der Waals surface area contributed by atoms with Crippen molar-refractivity contribution in [2.45, 2.75) is 45.9 Å². The van der Waals surface area contributed by atoms with Gasteiger partial charge >= 0.3 is 6.09 Å². The molecule has 0 heterocycles. The monoisotopic (exact) mass is 269 g/mol. The molecule has 1 atom stereocenters. The molecule has 19 heavy (non-hydrogen) atoms. The lowest BCUT2D eigenvalue weighted by atomic mass is 10.0. The maximum atomic E-state index is 13.5. The van der Waals surface area contributed by atoms with Gasteiger partial charge in [-0.3, -0.25) is 0 Å². The summed E-state index contributed by atoms with van der Waals surface area (Å²) >= 11 is 0. The van der Waals surface area contributed by atoms with Crippen LogP contribution in [0.1, 0.15) is 44.9 Å². The van der Waals surface area contributed by atoms with Crippen LogP contribution in [-0.4, -0.2) is 16.8 Å². The molecule has 0 spiro atoms. The summed E-state index contributed by atoms with van der Waals surface area (Å²) in [6.07, 6.45) is -0.576. The van der Waals surface area contributed by atoms with Gasteiger partial charge in [0.05, 0.1) is 12.6 Å². The number of nitrogens with one attached hydrogen (secondary N) is 1. The summed E-state index contributed by atoms with van der Waals surface area (Å²) in [5.74, 6) is -0.488. The predicted octanol–water partition coefficient (Wildman–Crippen LogP) is 2.90. The summed E-state index contributed by atoms with van der Waals surface area (Å²) in [6, 6.07) is 4.02. The molecule has 0 aliphatic rings. The third-order valence-corrected chi connectivity index (χ3v) is 2.51. The van der Waals surface area contributed by atoms with E-state index in [1.165, 1.54) is 12.1 Å². The molecule has 1 aromatic carbocycles. The minimum atomic E-state index is -0.592. The van der Waals surface area contributed by atoms with Crippen LogP contribution in [-0.2, 0) is 11.3 Å². The summed E-state index contributed by atoms with van der Waals surface area (Å²) in [6.45, 7) is 6.58. The third kappa shape index (κ3) is 4.52. The molecular weight excluding hydrogens is 249 g/mol. The zero-order valence-corrected chi connectivity index (χ0v) is 11.7. The Balaban J connectivity index is 2.81. The van der Waals surface area contributed by atoms with Gasteiger partial charge in [-0.15, -0.1) is 0 Å². The first-order chi connectivity index (χ1) is 8.74. The van der Waals surface area contributed by atoms with Crippen LogP contribution in [0.15, 0.2) is 18.2 Å². The second kappa shape index (κ2) is 6.02. The van der Waals surface area contributed by atoms with Crippen molar-refractivity contribution in [1.29, 1.82) is 0 Å². The van der Waals surface area contributed by atoms with E-state index in [4.69, 9.17) is 4.74 Å². The van der Waals surface area contributed by atoms with Gasteiger partial charge in [0.15, 0.2) is 0 Å². The SMILES string of the molecule is C[C@H](NC(=O)OC(C)(C)C)c1cccc(F)c1CO. The van der Waals surface area contributed by atoms with Gasteiger partial charge < -0.3 is 15.2 Å². The number of aliphatic hydroxyl groups is 1. The van der Waals surface area contributed by atoms with Crippen LogP contribution in [0.25, 0.3) is 0 Å². The Morgan fingerprint density at radius 2 is 2.11 bits per heavy atom. The zero-order valence-electron chi connectivity index (χ0n) is 11.7. The second-order valence-electron chi connectivity index (χ2n) is 5.33. The highest BCUT2D eigenvalue weighted by Crippen LogP contribution is 2.21. The lowest BCUT2D eigenvalue weighted by Gasteiger charge is -2.23. The topological polar surface area (TPSA) is 58.6 Å². The average Bonchev–Trinajstić information content (AvgIpc) is 2.25. The lowest BCUT2D eigenvalue weighted by molar-refractivity contribution is 0.0507. The lowest BCUT2D eigenvalue weighted by Crippen LogP contribution is -2.34. The Hall–Kier alpha value is -1.62. The molecule has 1 aromatic rings. The average molecular weight is 269 g/mol. The normalized spacial score (nSPS) is 12.9. The number of rotatable bonds is 3. The molecule has 1 amide bonds. The Bertz CT molecular complexity index is 454. The van der Waals surface area contributed by atoms with E-state index in [1.807, 2.05) is 0 Å². The highest BCUT2D eigenvalue weighted by Gasteiger charge is 2.20. The molecule has 5 heteroatoms. The van der Waals surface area contributed by atoms with E-state index in [2.05, 4.69) is 5.32 Å². The van der Waals surface area contributed by atoms with Gasteiger partial charge in [0.2, 0.25) is 0 Å². The molecule has 2 N–H and O–H groups in total. The number of alkyl carbamates (subject to hydrolysis) is 1. The number of benzene rings is 1. The van der Waals surface area contributed by atoms with Gasteiger partial charge in [-0.25, -0.2) is 9.18 Å². The highest BCUT2D eigenvalue weighted by molar-refractivity contribution is 5.68. The van der Waals surface area contributed by atoms with E-state index < -0.39 is 30.2 Å². The number of halogens is 1. The molecule has 0 aromatic heterocycles. The molecule has 0 saturated carbocycles. The largest absolute Gasteiger partial charge is 0.444 e. The van der Waals surface area contributed by atoms with E-state index >= 15 is 0 Å². The van der Waals surface area contributed by atoms with Crippen LogP contribution in [0.3, 0.4) is 0 Å². The standard InChI is InChI=1S/C14H20FNO3/c1-9(16-13(18)19-14(2,3)4)10-6-5-7-12(15)11(10)8-17/h5-7,9,17H,8H2,1-4H3,(H,16,18)/t9-/m0/s1. The Kier molecular flexibility index (Phi) is 4.89. The van der Waals surface area contributed by atoms with Crippen molar-refractivity contribution in [1.82, 2.24) is 5.32 Å². The smallest absolute Gasteiger partial charge is 0.408 e. The van der Waals surface area contributed by atoms with Crippen LogP contribution in [0.5, 0.6) is 0 Å². The van der Waals surface area contributed by atoms with Crippen molar-refractivity contribution in [3.05, 3.63) is 35.1 Å². The van der Waals surface area contributed by atoms with Crippen LogP contribution in [0, 0.1) is 5.82 Å². The number of carbonyl (C=O) groups excluding carboxylic acids is 1. The van der Waals surface area contributed by atoms with Gasteiger partial charge in [-0.05, 0) is 39.3 Å². The maximum Gasteiger partial charge on any atom is 0.408 e. The third-order valence-electron chi connectivity index (χ3n) is 2.51. The first kappa shape index (κ1) is 15.4. The molecule has 0 aliphatic carbocycles. The fourth-order valence-corrected chi connectivity index (χ4v) is 1.71. The fraction of sp³-hybridized carbons (Fsp3) is 0.500. The Morgan fingerprint density at radius 3 is 2.63 bits per heavy atom. The molecule has 0 saturated heterocycles. The molecule has 0 radical (unpaired) electrons. The van der Waals surface area contributed by atoms with E-state index in [-0.39, 0.29) is 5.56 Å². The second-order valence-corrected chi connectivity index (χ2v) is 5.33. The van der Waals surface area contributed by atoms with Gasteiger partial charge in [0.25, 0.3) is 0 Å². The van der Waals surface area contributed by atoms with Crippen LogP contribution in [0.2, 0.25) is 0 Å². The van der Waals surface area contributed by atoms with E-state index in [0.717, 1.165) is 0 Å².